The lowest BCUT2D eigenvalue weighted by atomic mass is 10.0. The molecule has 1 rings (SSSR count). The first-order chi connectivity index (χ1) is 9.70. The monoisotopic (exact) mass is 298 g/mol. The molecule has 6 heteroatoms. The number of aliphatic carboxylic acids is 1. The summed E-state index contributed by atoms with van der Waals surface area (Å²) in [5.41, 5.74) is 0. The summed E-state index contributed by atoms with van der Waals surface area (Å²) in [7, 11) is 0. The molecule has 0 spiro atoms. The predicted molar refractivity (Wildman–Crippen MR) is 78.5 cm³/mol. The second kappa shape index (κ2) is 7.43. The summed E-state index contributed by atoms with van der Waals surface area (Å²) in [6.07, 6.45) is 0.560. The second-order valence-corrected chi connectivity index (χ2v) is 6.62. The van der Waals surface area contributed by atoms with E-state index in [4.69, 9.17) is 5.11 Å². The Bertz CT molecular complexity index is 406. The van der Waals surface area contributed by atoms with Crippen molar-refractivity contribution in [2.45, 2.75) is 46.6 Å². The zero-order valence-electron chi connectivity index (χ0n) is 13.3. The SMILES string of the molecule is CC(C)C[C@@H](NC(=O)C1CC(=O)N(CC(C)C)C1)C(=O)O. The van der Waals surface area contributed by atoms with E-state index in [1.54, 1.807) is 4.90 Å². The predicted octanol–water partition coefficient (Wildman–Crippen LogP) is 1.11. The number of carbonyl (C=O) groups excluding carboxylic acids is 2. The van der Waals surface area contributed by atoms with Gasteiger partial charge in [-0.25, -0.2) is 4.79 Å². The molecule has 1 saturated heterocycles. The van der Waals surface area contributed by atoms with E-state index in [0.29, 0.717) is 25.4 Å². The standard InChI is InChI=1S/C15H26N2O4/c1-9(2)5-12(15(20)21)16-14(19)11-6-13(18)17(8-11)7-10(3)4/h9-12H,5-8H2,1-4H3,(H,16,19)(H,20,21)/t11?,12-/m1/s1. The largest absolute Gasteiger partial charge is 0.480 e. The first kappa shape index (κ1) is 17.5. The molecule has 21 heavy (non-hydrogen) atoms. The number of carboxylic acid groups (broad SMARTS) is 1. The van der Waals surface area contributed by atoms with Gasteiger partial charge in [-0.3, -0.25) is 9.59 Å². The van der Waals surface area contributed by atoms with E-state index in [9.17, 15) is 14.4 Å². The third-order valence-electron chi connectivity index (χ3n) is 3.49. The van der Waals surface area contributed by atoms with Crippen molar-refractivity contribution in [3.05, 3.63) is 0 Å². The molecular weight excluding hydrogens is 272 g/mol. The van der Waals surface area contributed by atoms with Gasteiger partial charge >= 0.3 is 5.97 Å². The maximum absolute atomic E-state index is 12.2. The molecule has 2 atom stereocenters. The Morgan fingerprint density at radius 1 is 1.29 bits per heavy atom. The molecule has 120 valence electrons. The summed E-state index contributed by atoms with van der Waals surface area (Å²) >= 11 is 0. The fourth-order valence-corrected chi connectivity index (χ4v) is 2.55. The first-order valence-electron chi connectivity index (χ1n) is 7.51. The minimum absolute atomic E-state index is 0.0282. The molecule has 0 aromatic rings. The normalized spacial score (nSPS) is 20.2. The number of nitrogens with one attached hydrogen (secondary N) is 1. The van der Waals surface area contributed by atoms with Crippen LogP contribution in [0.5, 0.6) is 0 Å². The van der Waals surface area contributed by atoms with Crippen molar-refractivity contribution in [2.75, 3.05) is 13.1 Å². The molecule has 0 aromatic carbocycles. The number of rotatable bonds is 7. The number of amides is 2. The summed E-state index contributed by atoms with van der Waals surface area (Å²) < 4.78 is 0. The third-order valence-corrected chi connectivity index (χ3v) is 3.49. The van der Waals surface area contributed by atoms with Crippen LogP contribution in [-0.2, 0) is 14.4 Å². The highest BCUT2D eigenvalue weighted by atomic mass is 16.4. The van der Waals surface area contributed by atoms with Gasteiger partial charge < -0.3 is 15.3 Å². The Morgan fingerprint density at radius 2 is 1.90 bits per heavy atom. The molecule has 0 saturated carbocycles. The Kier molecular flexibility index (Phi) is 6.18. The summed E-state index contributed by atoms with van der Waals surface area (Å²) in [4.78, 5) is 36.9. The van der Waals surface area contributed by atoms with Gasteiger partial charge in [0.1, 0.15) is 6.04 Å². The second-order valence-electron chi connectivity index (χ2n) is 6.62. The van der Waals surface area contributed by atoms with Crippen LogP contribution in [0.4, 0.5) is 0 Å². The van der Waals surface area contributed by atoms with Crippen molar-refractivity contribution in [3.63, 3.8) is 0 Å². The van der Waals surface area contributed by atoms with Crippen molar-refractivity contribution in [2.24, 2.45) is 17.8 Å². The maximum Gasteiger partial charge on any atom is 0.326 e. The van der Waals surface area contributed by atoms with Crippen molar-refractivity contribution >= 4 is 17.8 Å². The molecule has 0 aromatic heterocycles. The zero-order chi connectivity index (χ0) is 16.2. The lowest BCUT2D eigenvalue weighted by molar-refractivity contribution is -0.142. The maximum atomic E-state index is 12.2. The van der Waals surface area contributed by atoms with Crippen LogP contribution in [0, 0.1) is 17.8 Å². The molecule has 1 heterocycles. The van der Waals surface area contributed by atoms with Gasteiger partial charge in [0.15, 0.2) is 0 Å². The van der Waals surface area contributed by atoms with Gasteiger partial charge in [-0.05, 0) is 18.3 Å². The van der Waals surface area contributed by atoms with Crippen LogP contribution in [0.1, 0.15) is 40.5 Å². The van der Waals surface area contributed by atoms with Crippen molar-refractivity contribution in [3.8, 4) is 0 Å². The summed E-state index contributed by atoms with van der Waals surface area (Å²) in [6.45, 7) is 8.87. The van der Waals surface area contributed by atoms with E-state index in [2.05, 4.69) is 5.32 Å². The van der Waals surface area contributed by atoms with Gasteiger partial charge in [0.2, 0.25) is 11.8 Å². The fraction of sp³-hybridized carbons (Fsp3) is 0.800. The quantitative estimate of drug-likeness (QED) is 0.737. The third kappa shape index (κ3) is 5.36. The van der Waals surface area contributed by atoms with Gasteiger partial charge in [0.05, 0.1) is 5.92 Å². The highest BCUT2D eigenvalue weighted by Crippen LogP contribution is 2.19. The van der Waals surface area contributed by atoms with Crippen molar-refractivity contribution in [1.29, 1.82) is 0 Å². The summed E-state index contributed by atoms with van der Waals surface area (Å²) in [5, 5.41) is 11.7. The van der Waals surface area contributed by atoms with E-state index < -0.39 is 17.9 Å². The lowest BCUT2D eigenvalue weighted by Gasteiger charge is -2.20. The van der Waals surface area contributed by atoms with Crippen LogP contribution in [-0.4, -0.2) is 46.9 Å². The van der Waals surface area contributed by atoms with Crippen LogP contribution >= 0.6 is 0 Å². The Morgan fingerprint density at radius 3 is 2.38 bits per heavy atom. The van der Waals surface area contributed by atoms with E-state index in [-0.39, 0.29) is 24.2 Å². The van der Waals surface area contributed by atoms with Gasteiger partial charge in [-0.2, -0.15) is 0 Å². The minimum Gasteiger partial charge on any atom is -0.480 e. The van der Waals surface area contributed by atoms with Crippen LogP contribution in [0.25, 0.3) is 0 Å². The van der Waals surface area contributed by atoms with Crippen LogP contribution in [0.3, 0.4) is 0 Å². The number of carbonyl (C=O) groups is 3. The molecule has 1 fully saturated rings. The average Bonchev–Trinajstić information content (AvgIpc) is 2.68. The number of hydrogen-bond acceptors (Lipinski definition) is 3. The summed E-state index contributed by atoms with van der Waals surface area (Å²) in [5.74, 6) is -1.30. The van der Waals surface area contributed by atoms with E-state index in [1.807, 2.05) is 27.7 Å². The molecule has 0 radical (unpaired) electrons. The van der Waals surface area contributed by atoms with E-state index >= 15 is 0 Å². The zero-order valence-corrected chi connectivity index (χ0v) is 13.3. The number of nitrogens with zero attached hydrogens (tertiary/aromatic N) is 1. The lowest BCUT2D eigenvalue weighted by Crippen LogP contribution is -2.45. The van der Waals surface area contributed by atoms with E-state index in [0.717, 1.165) is 0 Å². The molecule has 6 nitrogen and oxygen atoms in total. The van der Waals surface area contributed by atoms with Crippen LogP contribution in [0.15, 0.2) is 0 Å². The van der Waals surface area contributed by atoms with Gasteiger partial charge in [-0.1, -0.05) is 27.7 Å². The number of hydrogen-bond donors (Lipinski definition) is 2. The van der Waals surface area contributed by atoms with Crippen molar-refractivity contribution in [1.82, 2.24) is 10.2 Å². The summed E-state index contributed by atoms with van der Waals surface area (Å²) in [6, 6.07) is -0.883. The topological polar surface area (TPSA) is 86.7 Å². The number of likely N-dealkylation sites (tertiary alicyclic amines) is 1. The smallest absolute Gasteiger partial charge is 0.326 e. The Hall–Kier alpha value is -1.59. The number of carboxylic acids is 1. The van der Waals surface area contributed by atoms with Crippen LogP contribution in [0.2, 0.25) is 0 Å². The minimum atomic E-state index is -1.03. The van der Waals surface area contributed by atoms with E-state index in [1.165, 1.54) is 0 Å². The highest BCUT2D eigenvalue weighted by molar-refractivity contribution is 5.91. The van der Waals surface area contributed by atoms with Gasteiger partial charge in [0, 0.05) is 19.5 Å². The molecule has 1 aliphatic heterocycles. The molecule has 0 aliphatic carbocycles. The highest BCUT2D eigenvalue weighted by Gasteiger charge is 2.35. The molecule has 0 bridgehead atoms. The van der Waals surface area contributed by atoms with Crippen molar-refractivity contribution < 1.29 is 19.5 Å². The molecular formula is C15H26N2O4. The molecule has 1 unspecified atom stereocenters. The Balaban J connectivity index is 2.59. The van der Waals surface area contributed by atoms with Gasteiger partial charge in [-0.15, -0.1) is 0 Å². The Labute approximate surface area is 125 Å². The molecule has 2 amide bonds. The molecule has 1 aliphatic rings. The van der Waals surface area contributed by atoms with Crippen LogP contribution < -0.4 is 5.32 Å². The van der Waals surface area contributed by atoms with Gasteiger partial charge in [0.25, 0.3) is 0 Å². The first-order valence-corrected chi connectivity index (χ1v) is 7.51. The average molecular weight is 298 g/mol. The molecule has 2 N–H and O–H groups in total. The fourth-order valence-electron chi connectivity index (χ4n) is 2.55.